The number of rotatable bonds is 3. The Kier molecular flexibility index (Phi) is 3.90. The van der Waals surface area contributed by atoms with Crippen LogP contribution in [-0.2, 0) is 0 Å². The maximum atomic E-state index is 13.4. The first-order valence-electron chi connectivity index (χ1n) is 6.21. The van der Waals surface area contributed by atoms with Gasteiger partial charge in [0.1, 0.15) is 11.4 Å². The second-order valence-corrected chi connectivity index (χ2v) is 4.80. The number of carbonyl (C=O) groups is 1. The second kappa shape index (κ2) is 5.44. The van der Waals surface area contributed by atoms with Gasteiger partial charge in [-0.15, -0.1) is 0 Å². The molecule has 1 aromatic rings. The molecule has 4 N–H and O–H groups in total. The molecule has 6 heteroatoms. The predicted octanol–water partition coefficient (Wildman–Crippen LogP) is 1.31. The highest BCUT2D eigenvalue weighted by molar-refractivity contribution is 6.00. The van der Waals surface area contributed by atoms with E-state index in [0.717, 1.165) is 12.8 Å². The van der Waals surface area contributed by atoms with E-state index < -0.39 is 11.8 Å². The largest absolute Gasteiger partial charge is 0.478 e. The van der Waals surface area contributed by atoms with Crippen LogP contribution >= 0.6 is 0 Å². The van der Waals surface area contributed by atoms with Crippen LogP contribution in [0.15, 0.2) is 12.1 Å². The van der Waals surface area contributed by atoms with Crippen LogP contribution in [0.25, 0.3) is 0 Å². The van der Waals surface area contributed by atoms with Gasteiger partial charge in [0.2, 0.25) is 0 Å². The fraction of sp³-hybridized carbons (Fsp3) is 0.462. The van der Waals surface area contributed by atoms with Gasteiger partial charge < -0.3 is 20.8 Å². The monoisotopic (exact) mass is 268 g/mol. The van der Waals surface area contributed by atoms with Crippen molar-refractivity contribution in [2.75, 3.05) is 30.3 Å². The minimum absolute atomic E-state index is 0.0651. The van der Waals surface area contributed by atoms with Gasteiger partial charge in [-0.2, -0.15) is 0 Å². The normalized spacial score (nSPS) is 19.5. The quantitative estimate of drug-likeness (QED) is 0.720. The smallest absolute Gasteiger partial charge is 0.340 e. The van der Waals surface area contributed by atoms with Crippen LogP contribution in [0.1, 0.15) is 23.2 Å². The Balaban J connectivity index is 2.39. The van der Waals surface area contributed by atoms with Crippen molar-refractivity contribution in [1.29, 1.82) is 0 Å². The van der Waals surface area contributed by atoms with Gasteiger partial charge >= 0.3 is 5.97 Å². The molecule has 1 aliphatic heterocycles. The number of aliphatic hydroxyl groups is 1. The maximum Gasteiger partial charge on any atom is 0.340 e. The van der Waals surface area contributed by atoms with Crippen LogP contribution in [0.2, 0.25) is 0 Å². The van der Waals surface area contributed by atoms with E-state index in [-0.39, 0.29) is 23.8 Å². The summed E-state index contributed by atoms with van der Waals surface area (Å²) < 4.78 is 13.4. The number of halogens is 1. The molecule has 1 saturated heterocycles. The van der Waals surface area contributed by atoms with Crippen molar-refractivity contribution in [2.45, 2.75) is 12.8 Å². The lowest BCUT2D eigenvalue weighted by atomic mass is 9.97. The molecule has 0 bridgehead atoms. The number of nitrogens with zero attached hydrogens (tertiary/aromatic N) is 1. The molecule has 0 saturated carbocycles. The number of benzene rings is 1. The summed E-state index contributed by atoms with van der Waals surface area (Å²) in [5.41, 5.74) is 5.41. The molecule has 104 valence electrons. The van der Waals surface area contributed by atoms with Crippen molar-refractivity contribution in [2.24, 2.45) is 5.92 Å². The molecule has 2 rings (SSSR count). The van der Waals surface area contributed by atoms with Gasteiger partial charge in [-0.1, -0.05) is 0 Å². The third kappa shape index (κ3) is 2.63. The molecule has 1 aromatic carbocycles. The molecular weight excluding hydrogens is 251 g/mol. The number of carboxylic acids is 1. The highest BCUT2D eigenvalue weighted by atomic mass is 19.1. The van der Waals surface area contributed by atoms with Crippen LogP contribution in [-0.4, -0.2) is 35.9 Å². The number of hydrogen-bond acceptors (Lipinski definition) is 4. The third-order valence-corrected chi connectivity index (χ3v) is 3.50. The van der Waals surface area contributed by atoms with Crippen molar-refractivity contribution in [3.63, 3.8) is 0 Å². The third-order valence-electron chi connectivity index (χ3n) is 3.50. The molecule has 5 nitrogen and oxygen atoms in total. The average Bonchev–Trinajstić information content (AvgIpc) is 2.41. The van der Waals surface area contributed by atoms with Crippen molar-refractivity contribution in [3.8, 4) is 0 Å². The van der Waals surface area contributed by atoms with E-state index >= 15 is 0 Å². The van der Waals surface area contributed by atoms with Gasteiger partial charge in [-0.05, 0) is 30.9 Å². The number of nitrogen functional groups attached to an aromatic ring is 1. The molecule has 1 unspecified atom stereocenters. The number of nitrogens with two attached hydrogens (primary N) is 1. The number of aromatic carboxylic acids is 1. The SMILES string of the molecule is Nc1c(F)ccc(N2CCCC(CO)C2)c1C(=O)O. The number of carboxylic acid groups (broad SMARTS) is 1. The van der Waals surface area contributed by atoms with E-state index in [2.05, 4.69) is 0 Å². The maximum absolute atomic E-state index is 13.4. The average molecular weight is 268 g/mol. The summed E-state index contributed by atoms with van der Waals surface area (Å²) in [5.74, 6) is -1.85. The minimum Gasteiger partial charge on any atom is -0.478 e. The lowest BCUT2D eigenvalue weighted by Crippen LogP contribution is -2.37. The summed E-state index contributed by atoms with van der Waals surface area (Å²) in [5, 5.41) is 18.4. The summed E-state index contributed by atoms with van der Waals surface area (Å²) in [4.78, 5) is 13.1. The topological polar surface area (TPSA) is 86.8 Å². The Morgan fingerprint density at radius 2 is 2.26 bits per heavy atom. The summed E-state index contributed by atoms with van der Waals surface area (Å²) in [6.45, 7) is 1.30. The fourth-order valence-electron chi connectivity index (χ4n) is 2.50. The van der Waals surface area contributed by atoms with Gasteiger partial charge in [0, 0.05) is 19.7 Å². The van der Waals surface area contributed by atoms with E-state index in [1.165, 1.54) is 12.1 Å². The van der Waals surface area contributed by atoms with Crippen molar-refractivity contribution < 1.29 is 19.4 Å². The van der Waals surface area contributed by atoms with E-state index in [0.29, 0.717) is 18.8 Å². The van der Waals surface area contributed by atoms with E-state index in [9.17, 15) is 19.4 Å². The zero-order valence-corrected chi connectivity index (χ0v) is 10.5. The first kappa shape index (κ1) is 13.6. The molecule has 1 atom stereocenters. The van der Waals surface area contributed by atoms with E-state index in [4.69, 9.17) is 5.73 Å². The molecule has 0 amide bonds. The first-order valence-corrected chi connectivity index (χ1v) is 6.21. The van der Waals surface area contributed by atoms with Gasteiger partial charge in [0.25, 0.3) is 0 Å². The Labute approximate surface area is 110 Å². The number of aliphatic hydroxyl groups excluding tert-OH is 1. The van der Waals surface area contributed by atoms with Gasteiger partial charge in [-0.25, -0.2) is 9.18 Å². The summed E-state index contributed by atoms with van der Waals surface area (Å²) >= 11 is 0. The highest BCUT2D eigenvalue weighted by Gasteiger charge is 2.25. The molecular formula is C13H17FN2O3. The van der Waals surface area contributed by atoms with Gasteiger partial charge in [0.15, 0.2) is 0 Å². The molecule has 1 aliphatic rings. The number of piperidine rings is 1. The molecule has 1 heterocycles. The summed E-state index contributed by atoms with van der Waals surface area (Å²) in [6.07, 6.45) is 1.77. The Morgan fingerprint density at radius 3 is 2.89 bits per heavy atom. The number of anilines is 2. The second-order valence-electron chi connectivity index (χ2n) is 4.80. The first-order chi connectivity index (χ1) is 9.04. The van der Waals surface area contributed by atoms with Crippen molar-refractivity contribution >= 4 is 17.3 Å². The Hall–Kier alpha value is -1.82. The summed E-state index contributed by atoms with van der Waals surface area (Å²) in [6, 6.07) is 2.62. The van der Waals surface area contributed by atoms with E-state index in [1.807, 2.05) is 4.90 Å². The van der Waals surface area contributed by atoms with Crippen LogP contribution in [0, 0.1) is 11.7 Å². The molecule has 0 spiro atoms. The van der Waals surface area contributed by atoms with Crippen LogP contribution < -0.4 is 10.6 Å². The van der Waals surface area contributed by atoms with Crippen LogP contribution in [0.4, 0.5) is 15.8 Å². The Morgan fingerprint density at radius 1 is 1.53 bits per heavy atom. The Bertz CT molecular complexity index is 493. The minimum atomic E-state index is -1.24. The summed E-state index contributed by atoms with van der Waals surface area (Å²) in [7, 11) is 0. The fourth-order valence-corrected chi connectivity index (χ4v) is 2.50. The molecule has 0 aliphatic carbocycles. The predicted molar refractivity (Wildman–Crippen MR) is 69.8 cm³/mol. The van der Waals surface area contributed by atoms with Crippen LogP contribution in [0.5, 0.6) is 0 Å². The highest BCUT2D eigenvalue weighted by Crippen LogP contribution is 2.31. The zero-order chi connectivity index (χ0) is 14.0. The molecule has 0 radical (unpaired) electrons. The van der Waals surface area contributed by atoms with Gasteiger partial charge in [-0.3, -0.25) is 0 Å². The van der Waals surface area contributed by atoms with Crippen molar-refractivity contribution in [1.82, 2.24) is 0 Å². The van der Waals surface area contributed by atoms with Crippen LogP contribution in [0.3, 0.4) is 0 Å². The lowest BCUT2D eigenvalue weighted by molar-refractivity contribution is 0.0698. The molecule has 1 fully saturated rings. The number of hydrogen-bond donors (Lipinski definition) is 3. The molecule has 19 heavy (non-hydrogen) atoms. The zero-order valence-electron chi connectivity index (χ0n) is 10.5. The van der Waals surface area contributed by atoms with Gasteiger partial charge in [0.05, 0.1) is 11.4 Å². The lowest BCUT2D eigenvalue weighted by Gasteiger charge is -2.34. The molecule has 0 aromatic heterocycles. The van der Waals surface area contributed by atoms with E-state index in [1.54, 1.807) is 0 Å². The van der Waals surface area contributed by atoms with Crippen molar-refractivity contribution in [3.05, 3.63) is 23.5 Å². The standard InChI is InChI=1S/C13H17FN2O3/c14-9-3-4-10(11(12(9)15)13(18)19)16-5-1-2-8(6-16)7-17/h3-4,8,17H,1-2,5-7,15H2,(H,18,19).